The molecule has 0 rings (SSSR count). The van der Waals surface area contributed by atoms with Crippen LogP contribution in [0.2, 0.25) is 0 Å². The van der Waals surface area contributed by atoms with E-state index in [2.05, 4.69) is 21.0 Å². The zero-order valence-corrected chi connectivity index (χ0v) is 12.5. The molecule has 0 atom stereocenters. The summed E-state index contributed by atoms with van der Waals surface area (Å²) in [6.45, 7) is 11.8. The molecule has 0 aliphatic carbocycles. The normalized spacial score (nSPS) is 10.9. The van der Waals surface area contributed by atoms with Crippen LogP contribution in [-0.4, -0.2) is 64.6 Å². The van der Waals surface area contributed by atoms with Crippen LogP contribution in [0.15, 0.2) is 0 Å². The quantitative estimate of drug-likeness (QED) is 0.471. The van der Waals surface area contributed by atoms with Gasteiger partial charge in [-0.15, -0.1) is 0 Å². The highest BCUT2D eigenvalue weighted by atomic mass is 16.5. The SMILES string of the molecule is CC.CCC[N+](C)(C)CCOCCOCCN. The molecule has 0 spiro atoms. The Bertz CT molecular complexity index is 141. The minimum atomic E-state index is 0.584. The lowest BCUT2D eigenvalue weighted by Gasteiger charge is -2.29. The molecule has 0 aromatic rings. The van der Waals surface area contributed by atoms with Crippen LogP contribution < -0.4 is 5.73 Å². The van der Waals surface area contributed by atoms with Crippen molar-refractivity contribution in [2.24, 2.45) is 5.73 Å². The number of nitrogens with zero attached hydrogens (tertiary/aromatic N) is 1. The predicted molar refractivity (Wildman–Crippen MR) is 74.2 cm³/mol. The van der Waals surface area contributed by atoms with Gasteiger partial charge in [0.15, 0.2) is 0 Å². The number of rotatable bonds is 10. The summed E-state index contributed by atoms with van der Waals surface area (Å²) in [5, 5.41) is 0. The molecule has 0 aliphatic rings. The fourth-order valence-corrected chi connectivity index (χ4v) is 1.43. The summed E-state index contributed by atoms with van der Waals surface area (Å²) < 4.78 is 11.7. The van der Waals surface area contributed by atoms with Crippen LogP contribution in [0.1, 0.15) is 27.2 Å². The fourth-order valence-electron chi connectivity index (χ4n) is 1.43. The number of ether oxygens (including phenoxy) is 2. The van der Waals surface area contributed by atoms with Crippen LogP contribution in [-0.2, 0) is 9.47 Å². The van der Waals surface area contributed by atoms with E-state index in [-0.39, 0.29) is 0 Å². The lowest BCUT2D eigenvalue weighted by Crippen LogP contribution is -2.42. The van der Waals surface area contributed by atoms with E-state index in [0.717, 1.165) is 17.6 Å². The molecule has 0 bridgehead atoms. The highest BCUT2D eigenvalue weighted by molar-refractivity contribution is 4.36. The van der Waals surface area contributed by atoms with Gasteiger partial charge < -0.3 is 19.7 Å². The number of hydrogen-bond donors (Lipinski definition) is 1. The summed E-state index contributed by atoms with van der Waals surface area (Å²) in [7, 11) is 4.47. The summed E-state index contributed by atoms with van der Waals surface area (Å²) in [5.74, 6) is 0. The van der Waals surface area contributed by atoms with Crippen molar-refractivity contribution in [2.45, 2.75) is 27.2 Å². The number of nitrogens with two attached hydrogens (primary N) is 1. The first-order chi connectivity index (χ1) is 8.12. The topological polar surface area (TPSA) is 44.5 Å². The Labute approximate surface area is 108 Å². The molecule has 106 valence electrons. The zero-order chi connectivity index (χ0) is 13.6. The Morgan fingerprint density at radius 1 is 0.882 bits per heavy atom. The first-order valence-corrected chi connectivity index (χ1v) is 6.80. The van der Waals surface area contributed by atoms with Crippen LogP contribution in [0, 0.1) is 0 Å². The molecule has 0 aromatic carbocycles. The van der Waals surface area contributed by atoms with Crippen molar-refractivity contribution in [1.29, 1.82) is 0 Å². The largest absolute Gasteiger partial charge is 0.378 e. The van der Waals surface area contributed by atoms with Crippen molar-refractivity contribution in [2.75, 3.05) is 60.2 Å². The molecular weight excluding hydrogens is 216 g/mol. The van der Waals surface area contributed by atoms with E-state index in [4.69, 9.17) is 15.2 Å². The van der Waals surface area contributed by atoms with E-state index in [0.29, 0.717) is 26.4 Å². The maximum Gasteiger partial charge on any atom is 0.102 e. The van der Waals surface area contributed by atoms with Gasteiger partial charge in [0.25, 0.3) is 0 Å². The van der Waals surface area contributed by atoms with Crippen LogP contribution in [0.25, 0.3) is 0 Å². The molecule has 4 nitrogen and oxygen atoms in total. The Morgan fingerprint density at radius 3 is 1.88 bits per heavy atom. The average molecular weight is 249 g/mol. The Balaban J connectivity index is 0. The van der Waals surface area contributed by atoms with E-state index < -0.39 is 0 Å². The molecule has 0 saturated carbocycles. The van der Waals surface area contributed by atoms with Crippen molar-refractivity contribution in [3.05, 3.63) is 0 Å². The molecule has 0 heterocycles. The van der Waals surface area contributed by atoms with Crippen LogP contribution in [0.3, 0.4) is 0 Å². The van der Waals surface area contributed by atoms with Gasteiger partial charge in [-0.05, 0) is 6.42 Å². The van der Waals surface area contributed by atoms with Gasteiger partial charge in [-0.3, -0.25) is 0 Å². The molecule has 0 radical (unpaired) electrons. The lowest BCUT2D eigenvalue weighted by molar-refractivity contribution is -0.890. The Hall–Kier alpha value is -0.160. The van der Waals surface area contributed by atoms with Crippen molar-refractivity contribution >= 4 is 0 Å². The van der Waals surface area contributed by atoms with E-state index in [9.17, 15) is 0 Å². The first kappa shape index (κ1) is 19.2. The molecule has 0 amide bonds. The monoisotopic (exact) mass is 249 g/mol. The maximum absolute atomic E-state index is 5.48. The molecule has 2 N–H and O–H groups in total. The summed E-state index contributed by atoms with van der Waals surface area (Å²) in [6, 6.07) is 0. The van der Waals surface area contributed by atoms with Crippen molar-refractivity contribution in [1.82, 2.24) is 0 Å². The highest BCUT2D eigenvalue weighted by Crippen LogP contribution is 1.98. The van der Waals surface area contributed by atoms with Crippen molar-refractivity contribution < 1.29 is 14.0 Å². The van der Waals surface area contributed by atoms with Gasteiger partial charge >= 0.3 is 0 Å². The van der Waals surface area contributed by atoms with Crippen LogP contribution in [0.5, 0.6) is 0 Å². The predicted octanol–water partition coefficient (Wildman–Crippen LogP) is 1.49. The van der Waals surface area contributed by atoms with E-state index in [1.54, 1.807) is 0 Å². The minimum absolute atomic E-state index is 0.584. The first-order valence-electron chi connectivity index (χ1n) is 6.80. The molecule has 17 heavy (non-hydrogen) atoms. The third-order valence-corrected chi connectivity index (χ3v) is 2.30. The van der Waals surface area contributed by atoms with Gasteiger partial charge in [-0.25, -0.2) is 0 Å². The van der Waals surface area contributed by atoms with Gasteiger partial charge in [0.2, 0.25) is 0 Å². The van der Waals surface area contributed by atoms with Crippen molar-refractivity contribution in [3.8, 4) is 0 Å². The molecular formula is C13H33N2O2+. The summed E-state index contributed by atoms with van der Waals surface area (Å²) in [4.78, 5) is 0. The van der Waals surface area contributed by atoms with E-state index in [1.807, 2.05) is 13.8 Å². The zero-order valence-electron chi connectivity index (χ0n) is 12.5. The molecule has 0 aliphatic heterocycles. The van der Waals surface area contributed by atoms with Crippen LogP contribution in [0.4, 0.5) is 0 Å². The van der Waals surface area contributed by atoms with Gasteiger partial charge in [0.1, 0.15) is 6.54 Å². The molecule has 0 fully saturated rings. The van der Waals surface area contributed by atoms with E-state index in [1.165, 1.54) is 13.0 Å². The number of quaternary nitrogens is 1. The summed E-state index contributed by atoms with van der Waals surface area (Å²) in [5.41, 5.74) is 5.29. The Kier molecular flexibility index (Phi) is 15.7. The summed E-state index contributed by atoms with van der Waals surface area (Å²) >= 11 is 0. The second-order valence-corrected chi connectivity index (χ2v) is 4.40. The standard InChI is InChI=1S/C11H27N2O2.C2H6/c1-4-6-13(2,3)7-9-15-11-10-14-8-5-12;1-2/h4-12H2,1-3H3;1-2H3/q+1;. The fraction of sp³-hybridized carbons (Fsp3) is 1.00. The molecule has 4 heteroatoms. The van der Waals surface area contributed by atoms with Gasteiger partial charge in [0, 0.05) is 6.54 Å². The molecule has 0 saturated heterocycles. The average Bonchev–Trinajstić information content (AvgIpc) is 2.30. The third-order valence-electron chi connectivity index (χ3n) is 2.30. The second kappa shape index (κ2) is 13.9. The van der Waals surface area contributed by atoms with Gasteiger partial charge in [0.05, 0.1) is 47.1 Å². The summed E-state index contributed by atoms with van der Waals surface area (Å²) in [6.07, 6.45) is 1.21. The Morgan fingerprint density at radius 2 is 1.41 bits per heavy atom. The molecule has 0 aromatic heterocycles. The lowest BCUT2D eigenvalue weighted by atomic mass is 10.4. The molecule has 0 unspecified atom stereocenters. The van der Waals surface area contributed by atoms with E-state index >= 15 is 0 Å². The highest BCUT2D eigenvalue weighted by Gasteiger charge is 2.12. The van der Waals surface area contributed by atoms with Gasteiger partial charge in [-0.1, -0.05) is 20.8 Å². The third kappa shape index (κ3) is 15.8. The number of hydrogen-bond acceptors (Lipinski definition) is 3. The second-order valence-electron chi connectivity index (χ2n) is 4.40. The minimum Gasteiger partial charge on any atom is -0.378 e. The number of likely N-dealkylation sites (N-methyl/N-ethyl adjacent to an activating group) is 1. The van der Waals surface area contributed by atoms with Gasteiger partial charge in [-0.2, -0.15) is 0 Å². The maximum atomic E-state index is 5.48. The van der Waals surface area contributed by atoms with Crippen molar-refractivity contribution in [3.63, 3.8) is 0 Å². The smallest absolute Gasteiger partial charge is 0.102 e. The van der Waals surface area contributed by atoms with Crippen LogP contribution >= 0.6 is 0 Å².